The van der Waals surface area contributed by atoms with Gasteiger partial charge in [-0.15, -0.1) is 0 Å². The molecule has 0 aliphatic heterocycles. The van der Waals surface area contributed by atoms with E-state index in [1.165, 1.54) is 12.1 Å². The lowest BCUT2D eigenvalue weighted by atomic mass is 9.89. The van der Waals surface area contributed by atoms with E-state index in [2.05, 4.69) is 17.5 Å². The molecule has 1 saturated carbocycles. The fraction of sp³-hybridized carbons (Fsp3) is 0.462. The first-order valence-corrected chi connectivity index (χ1v) is 6.59. The molecule has 1 aromatic rings. The van der Waals surface area contributed by atoms with Gasteiger partial charge in [0.2, 0.25) is 0 Å². The number of nitrogens with one attached hydrogen (secondary N) is 1. The summed E-state index contributed by atoms with van der Waals surface area (Å²) in [6.07, 6.45) is 1.81. The number of rotatable bonds is 5. The molecule has 0 atom stereocenters. The van der Waals surface area contributed by atoms with Crippen molar-refractivity contribution in [2.24, 2.45) is 5.73 Å². The van der Waals surface area contributed by atoms with Gasteiger partial charge in [-0.2, -0.15) is 0 Å². The molecule has 3 N–H and O–H groups in total. The molecule has 0 amide bonds. The first kappa shape index (κ1) is 14.1. The predicted molar refractivity (Wildman–Crippen MR) is 74.3 cm³/mol. The van der Waals surface area contributed by atoms with Crippen molar-refractivity contribution in [1.82, 2.24) is 0 Å². The number of nitrogens with two attached hydrogens (primary N) is 1. The second-order valence-corrected chi connectivity index (χ2v) is 4.98. The molecule has 3 nitrogen and oxygen atoms in total. The summed E-state index contributed by atoms with van der Waals surface area (Å²) in [5.41, 5.74) is 5.38. The van der Waals surface area contributed by atoms with E-state index in [1.54, 1.807) is 0 Å². The van der Waals surface area contributed by atoms with Crippen molar-refractivity contribution in [3.05, 3.63) is 29.3 Å². The molecule has 0 heterocycles. The van der Waals surface area contributed by atoms with Crippen LogP contribution < -0.4 is 11.1 Å². The minimum absolute atomic E-state index is 0.0705. The Balaban J connectivity index is 2.03. The Labute approximate surface area is 116 Å². The largest absolute Gasteiger partial charge is 0.389 e. The lowest BCUT2D eigenvalue weighted by Crippen LogP contribution is -2.41. The van der Waals surface area contributed by atoms with Gasteiger partial charge in [-0.1, -0.05) is 12.2 Å². The molecule has 19 heavy (non-hydrogen) atoms. The van der Waals surface area contributed by atoms with Crippen molar-refractivity contribution < 1.29 is 13.5 Å². The van der Waals surface area contributed by atoms with E-state index in [0.717, 1.165) is 12.8 Å². The lowest BCUT2D eigenvalue weighted by molar-refractivity contribution is 0.00292. The summed E-state index contributed by atoms with van der Waals surface area (Å²) in [6, 6.07) is 2.96. The normalized spacial score (nSPS) is 21.8. The third-order valence-corrected chi connectivity index (χ3v) is 3.42. The molecular formula is C13H16F2N2OS. The van der Waals surface area contributed by atoms with E-state index in [4.69, 9.17) is 10.5 Å². The van der Waals surface area contributed by atoms with E-state index in [9.17, 15) is 8.78 Å². The number of anilines is 1. The highest BCUT2D eigenvalue weighted by Gasteiger charge is 2.30. The maximum absolute atomic E-state index is 13.8. The summed E-state index contributed by atoms with van der Waals surface area (Å²) in [5, 5.41) is 2.96. The second kappa shape index (κ2) is 5.79. The van der Waals surface area contributed by atoms with Crippen LogP contribution in [0.3, 0.4) is 0 Å². The van der Waals surface area contributed by atoms with Gasteiger partial charge in [0.25, 0.3) is 0 Å². The Morgan fingerprint density at radius 3 is 2.68 bits per heavy atom. The van der Waals surface area contributed by atoms with Crippen LogP contribution in [0.2, 0.25) is 0 Å². The minimum Gasteiger partial charge on any atom is -0.389 e. The van der Waals surface area contributed by atoms with E-state index < -0.39 is 11.6 Å². The molecule has 6 heteroatoms. The van der Waals surface area contributed by atoms with E-state index in [0.29, 0.717) is 6.61 Å². The number of hydrogen-bond donors (Lipinski definition) is 2. The molecule has 1 aliphatic rings. The highest BCUT2D eigenvalue weighted by Crippen LogP contribution is 2.29. The third-order valence-electron chi connectivity index (χ3n) is 3.20. The third kappa shape index (κ3) is 3.01. The molecule has 0 unspecified atom stereocenters. The van der Waals surface area contributed by atoms with Crippen LogP contribution in [0, 0.1) is 11.6 Å². The van der Waals surface area contributed by atoms with Crippen molar-refractivity contribution in [1.29, 1.82) is 0 Å². The Morgan fingerprint density at radius 1 is 1.42 bits per heavy atom. The number of halogens is 2. The van der Waals surface area contributed by atoms with Gasteiger partial charge in [-0.25, -0.2) is 8.78 Å². The molecule has 1 aromatic carbocycles. The molecular weight excluding hydrogens is 270 g/mol. The van der Waals surface area contributed by atoms with E-state index in [-0.39, 0.29) is 28.4 Å². The zero-order valence-corrected chi connectivity index (χ0v) is 11.4. The first-order valence-electron chi connectivity index (χ1n) is 6.18. The Hall–Kier alpha value is -1.27. The summed E-state index contributed by atoms with van der Waals surface area (Å²) in [6.45, 7) is 2.60. The van der Waals surface area contributed by atoms with Gasteiger partial charge in [0, 0.05) is 18.2 Å². The molecule has 0 bridgehead atoms. The molecule has 1 aliphatic carbocycles. The molecule has 0 radical (unpaired) electrons. The van der Waals surface area contributed by atoms with Crippen molar-refractivity contribution in [2.45, 2.75) is 31.9 Å². The zero-order chi connectivity index (χ0) is 14.0. The van der Waals surface area contributed by atoms with Gasteiger partial charge in [0.05, 0.1) is 11.8 Å². The Bertz CT molecular complexity index is 490. The fourth-order valence-corrected chi connectivity index (χ4v) is 2.28. The number of benzene rings is 1. The van der Waals surface area contributed by atoms with Crippen LogP contribution in [-0.4, -0.2) is 23.7 Å². The van der Waals surface area contributed by atoms with Gasteiger partial charge < -0.3 is 15.8 Å². The summed E-state index contributed by atoms with van der Waals surface area (Å²) in [4.78, 5) is -0.150. The summed E-state index contributed by atoms with van der Waals surface area (Å²) in [7, 11) is 0. The zero-order valence-electron chi connectivity index (χ0n) is 10.6. The highest BCUT2D eigenvalue weighted by atomic mass is 32.1. The molecule has 2 rings (SSSR count). The van der Waals surface area contributed by atoms with E-state index >= 15 is 0 Å². The van der Waals surface area contributed by atoms with Gasteiger partial charge in [-0.3, -0.25) is 0 Å². The maximum Gasteiger partial charge on any atom is 0.182 e. The van der Waals surface area contributed by atoms with Crippen LogP contribution in [0.1, 0.15) is 25.3 Å². The summed E-state index contributed by atoms with van der Waals surface area (Å²) >= 11 is 4.65. The molecule has 104 valence electrons. The van der Waals surface area contributed by atoms with Crippen LogP contribution in [-0.2, 0) is 4.74 Å². The Kier molecular flexibility index (Phi) is 4.31. The van der Waals surface area contributed by atoms with Gasteiger partial charge in [0.1, 0.15) is 4.99 Å². The standard InChI is InChI=1S/C13H16F2N2OS/c1-2-18-8-5-7(6-8)17-10-4-3-9(13(16)19)11(14)12(10)15/h3-4,7-8,17H,2,5-6H2,1H3,(H2,16,19). The van der Waals surface area contributed by atoms with Crippen molar-refractivity contribution >= 4 is 22.9 Å². The van der Waals surface area contributed by atoms with Gasteiger partial charge in [0.15, 0.2) is 11.6 Å². The van der Waals surface area contributed by atoms with Crippen LogP contribution in [0.5, 0.6) is 0 Å². The average Bonchev–Trinajstić information content (AvgIpc) is 2.31. The molecule has 0 saturated heterocycles. The lowest BCUT2D eigenvalue weighted by Gasteiger charge is -2.36. The summed E-state index contributed by atoms with van der Waals surface area (Å²) in [5.74, 6) is -1.94. The topological polar surface area (TPSA) is 47.3 Å². The average molecular weight is 286 g/mol. The number of thiocarbonyl (C=S) groups is 1. The van der Waals surface area contributed by atoms with E-state index in [1.807, 2.05) is 6.92 Å². The van der Waals surface area contributed by atoms with Crippen LogP contribution in [0.25, 0.3) is 0 Å². The van der Waals surface area contributed by atoms with Crippen molar-refractivity contribution in [3.8, 4) is 0 Å². The summed E-state index contributed by atoms with van der Waals surface area (Å²) < 4.78 is 32.9. The first-order chi connectivity index (χ1) is 9.02. The Morgan fingerprint density at radius 2 is 2.11 bits per heavy atom. The molecule has 0 spiro atoms. The molecule has 0 aromatic heterocycles. The van der Waals surface area contributed by atoms with Crippen LogP contribution in [0.15, 0.2) is 12.1 Å². The van der Waals surface area contributed by atoms with Crippen LogP contribution in [0.4, 0.5) is 14.5 Å². The van der Waals surface area contributed by atoms with Gasteiger partial charge >= 0.3 is 0 Å². The SMILES string of the molecule is CCOC1CC(Nc2ccc(C(N)=S)c(F)c2F)C1. The fourth-order valence-electron chi connectivity index (χ4n) is 2.13. The van der Waals surface area contributed by atoms with Crippen molar-refractivity contribution in [2.75, 3.05) is 11.9 Å². The van der Waals surface area contributed by atoms with Crippen molar-refractivity contribution in [3.63, 3.8) is 0 Å². The maximum atomic E-state index is 13.8. The second-order valence-electron chi connectivity index (χ2n) is 4.54. The monoisotopic (exact) mass is 286 g/mol. The minimum atomic E-state index is -1.00. The number of hydrogen-bond acceptors (Lipinski definition) is 3. The smallest absolute Gasteiger partial charge is 0.182 e. The number of ether oxygens (including phenoxy) is 1. The predicted octanol–water partition coefficient (Wildman–Crippen LogP) is 2.58. The molecule has 1 fully saturated rings. The quantitative estimate of drug-likeness (QED) is 0.817. The van der Waals surface area contributed by atoms with Crippen LogP contribution >= 0.6 is 12.2 Å². The van der Waals surface area contributed by atoms with Gasteiger partial charge in [-0.05, 0) is 31.9 Å². The highest BCUT2D eigenvalue weighted by molar-refractivity contribution is 7.80.